The molecule has 3 nitrogen and oxygen atoms in total. The number of hydrogen-bond acceptors (Lipinski definition) is 2. The van der Waals surface area contributed by atoms with Gasteiger partial charge in [-0.2, -0.15) is 0 Å². The second-order valence-electron chi connectivity index (χ2n) is 5.54. The van der Waals surface area contributed by atoms with E-state index < -0.39 is 5.97 Å². The minimum atomic E-state index is -0.870. The van der Waals surface area contributed by atoms with Gasteiger partial charge in [0.1, 0.15) is 0 Å². The van der Waals surface area contributed by atoms with Gasteiger partial charge in [0.25, 0.3) is 0 Å². The first-order chi connectivity index (χ1) is 10.2. The van der Waals surface area contributed by atoms with E-state index in [1.165, 1.54) is 24.0 Å². The predicted molar refractivity (Wildman–Crippen MR) is 82.2 cm³/mol. The quantitative estimate of drug-likeness (QED) is 0.928. The summed E-state index contributed by atoms with van der Waals surface area (Å²) in [6, 6.07) is 18.3. The number of likely N-dealkylation sites (tertiary alicyclic amines) is 1. The van der Waals surface area contributed by atoms with Crippen molar-refractivity contribution >= 4 is 5.97 Å². The minimum absolute atomic E-state index is 0.347. The van der Waals surface area contributed by atoms with E-state index >= 15 is 0 Å². The van der Waals surface area contributed by atoms with Crippen LogP contribution in [0.15, 0.2) is 54.6 Å². The summed E-state index contributed by atoms with van der Waals surface area (Å²) in [6.45, 7) is 1.97. The average Bonchev–Trinajstić information content (AvgIpc) is 2.97. The number of benzene rings is 2. The van der Waals surface area contributed by atoms with E-state index in [1.54, 1.807) is 12.1 Å². The number of rotatable bonds is 4. The third-order valence-corrected chi connectivity index (χ3v) is 4.13. The van der Waals surface area contributed by atoms with E-state index in [-0.39, 0.29) is 0 Å². The maximum atomic E-state index is 10.9. The first kappa shape index (κ1) is 13.8. The molecule has 21 heavy (non-hydrogen) atoms. The van der Waals surface area contributed by atoms with Gasteiger partial charge in [0.15, 0.2) is 0 Å². The summed E-state index contributed by atoms with van der Waals surface area (Å²) in [4.78, 5) is 13.4. The van der Waals surface area contributed by atoms with Gasteiger partial charge in [0.2, 0.25) is 0 Å². The molecule has 2 aromatic carbocycles. The molecule has 1 heterocycles. The van der Waals surface area contributed by atoms with Crippen LogP contribution < -0.4 is 0 Å². The van der Waals surface area contributed by atoms with Gasteiger partial charge in [0, 0.05) is 12.6 Å². The minimum Gasteiger partial charge on any atom is -0.478 e. The Hall–Kier alpha value is -2.13. The van der Waals surface area contributed by atoms with Gasteiger partial charge in [-0.15, -0.1) is 0 Å². The monoisotopic (exact) mass is 281 g/mol. The molecule has 1 unspecified atom stereocenters. The molecule has 1 saturated heterocycles. The molecule has 1 N–H and O–H groups in total. The average molecular weight is 281 g/mol. The Labute approximate surface area is 124 Å². The lowest BCUT2D eigenvalue weighted by atomic mass is 10.0. The van der Waals surface area contributed by atoms with Gasteiger partial charge < -0.3 is 5.11 Å². The lowest BCUT2D eigenvalue weighted by molar-refractivity contribution is 0.0697. The van der Waals surface area contributed by atoms with Crippen molar-refractivity contribution in [2.75, 3.05) is 6.54 Å². The van der Waals surface area contributed by atoms with Crippen LogP contribution in [-0.4, -0.2) is 22.5 Å². The van der Waals surface area contributed by atoms with Gasteiger partial charge >= 0.3 is 5.97 Å². The molecular weight excluding hydrogens is 262 g/mol. The van der Waals surface area contributed by atoms with Gasteiger partial charge in [-0.1, -0.05) is 42.5 Å². The molecule has 0 saturated carbocycles. The van der Waals surface area contributed by atoms with Crippen LogP contribution in [-0.2, 0) is 6.54 Å². The molecule has 1 atom stereocenters. The summed E-state index contributed by atoms with van der Waals surface area (Å²) in [6.07, 6.45) is 2.41. The molecule has 1 fully saturated rings. The van der Waals surface area contributed by atoms with Crippen molar-refractivity contribution < 1.29 is 9.90 Å². The van der Waals surface area contributed by atoms with Crippen molar-refractivity contribution in [2.24, 2.45) is 0 Å². The lowest BCUT2D eigenvalue weighted by Crippen LogP contribution is -2.22. The fourth-order valence-electron chi connectivity index (χ4n) is 3.06. The molecule has 3 rings (SSSR count). The highest BCUT2D eigenvalue weighted by molar-refractivity contribution is 5.87. The van der Waals surface area contributed by atoms with E-state index in [0.717, 1.165) is 13.1 Å². The highest BCUT2D eigenvalue weighted by Crippen LogP contribution is 2.32. The summed E-state index contributed by atoms with van der Waals surface area (Å²) >= 11 is 0. The Balaban J connectivity index is 1.73. The molecule has 0 aromatic heterocycles. The van der Waals surface area contributed by atoms with Crippen molar-refractivity contribution in [1.29, 1.82) is 0 Å². The summed E-state index contributed by atoms with van der Waals surface area (Å²) in [7, 11) is 0. The van der Waals surface area contributed by atoms with Crippen LogP contribution in [0, 0.1) is 0 Å². The molecule has 0 amide bonds. The molecule has 108 valence electrons. The Bertz CT molecular complexity index is 607. The van der Waals surface area contributed by atoms with E-state index in [1.807, 2.05) is 18.2 Å². The van der Waals surface area contributed by atoms with E-state index in [0.29, 0.717) is 11.6 Å². The smallest absolute Gasteiger partial charge is 0.335 e. The predicted octanol–water partition coefficient (Wildman–Crippen LogP) is 3.72. The van der Waals surface area contributed by atoms with E-state index in [2.05, 4.69) is 29.2 Å². The van der Waals surface area contributed by atoms with Gasteiger partial charge in [0.05, 0.1) is 5.56 Å². The van der Waals surface area contributed by atoms with Crippen LogP contribution in [0.2, 0.25) is 0 Å². The molecule has 1 aliphatic heterocycles. The van der Waals surface area contributed by atoms with Crippen molar-refractivity contribution in [2.45, 2.75) is 25.4 Å². The maximum absolute atomic E-state index is 10.9. The number of aromatic carboxylic acids is 1. The van der Waals surface area contributed by atoms with E-state index in [4.69, 9.17) is 5.11 Å². The topological polar surface area (TPSA) is 40.5 Å². The number of carbonyl (C=O) groups is 1. The molecule has 3 heteroatoms. The molecule has 1 aliphatic rings. The number of carboxylic acids is 1. The van der Waals surface area contributed by atoms with Gasteiger partial charge in [-0.3, -0.25) is 4.90 Å². The summed E-state index contributed by atoms with van der Waals surface area (Å²) in [5.74, 6) is -0.870. The van der Waals surface area contributed by atoms with Gasteiger partial charge in [-0.25, -0.2) is 4.79 Å². The van der Waals surface area contributed by atoms with Crippen LogP contribution in [0.4, 0.5) is 0 Å². The fourth-order valence-corrected chi connectivity index (χ4v) is 3.06. The number of carboxylic acid groups (broad SMARTS) is 1. The summed E-state index contributed by atoms with van der Waals surface area (Å²) < 4.78 is 0. The molecule has 0 bridgehead atoms. The van der Waals surface area contributed by atoms with Crippen LogP contribution >= 0.6 is 0 Å². The standard InChI is InChI=1S/C18H19NO2/c20-18(21)16-10-8-14(9-11-16)13-19-12-4-7-17(19)15-5-2-1-3-6-15/h1-3,5-6,8-11,17H,4,7,12-13H2,(H,20,21). The molecular formula is C18H19NO2. The Morgan fingerprint density at radius 2 is 1.81 bits per heavy atom. The van der Waals surface area contributed by atoms with E-state index in [9.17, 15) is 4.79 Å². The Morgan fingerprint density at radius 1 is 1.10 bits per heavy atom. The van der Waals surface area contributed by atoms with Gasteiger partial charge in [-0.05, 0) is 42.6 Å². The van der Waals surface area contributed by atoms with Crippen molar-refractivity contribution in [3.05, 3.63) is 71.3 Å². The van der Waals surface area contributed by atoms with Crippen molar-refractivity contribution in [1.82, 2.24) is 4.90 Å². The normalized spacial score (nSPS) is 18.8. The molecule has 0 spiro atoms. The third-order valence-electron chi connectivity index (χ3n) is 4.13. The second-order valence-corrected chi connectivity index (χ2v) is 5.54. The fraction of sp³-hybridized carbons (Fsp3) is 0.278. The molecule has 2 aromatic rings. The molecule has 0 radical (unpaired) electrons. The maximum Gasteiger partial charge on any atom is 0.335 e. The number of nitrogens with zero attached hydrogens (tertiary/aromatic N) is 1. The lowest BCUT2D eigenvalue weighted by Gasteiger charge is -2.25. The zero-order valence-corrected chi connectivity index (χ0v) is 11.9. The summed E-state index contributed by atoms with van der Waals surface area (Å²) in [5.41, 5.74) is 2.89. The Kier molecular flexibility index (Phi) is 4.02. The second kappa shape index (κ2) is 6.10. The zero-order chi connectivity index (χ0) is 14.7. The first-order valence-corrected chi connectivity index (χ1v) is 7.35. The number of hydrogen-bond donors (Lipinski definition) is 1. The SMILES string of the molecule is O=C(O)c1ccc(CN2CCCC2c2ccccc2)cc1. The highest BCUT2D eigenvalue weighted by Gasteiger charge is 2.25. The summed E-state index contributed by atoms with van der Waals surface area (Å²) in [5, 5.41) is 8.94. The molecule has 0 aliphatic carbocycles. The van der Waals surface area contributed by atoms with Crippen LogP contribution in [0.25, 0.3) is 0 Å². The van der Waals surface area contributed by atoms with Crippen molar-refractivity contribution in [3.8, 4) is 0 Å². The first-order valence-electron chi connectivity index (χ1n) is 7.35. The third kappa shape index (κ3) is 3.14. The van der Waals surface area contributed by atoms with Crippen LogP contribution in [0.1, 0.15) is 40.4 Å². The Morgan fingerprint density at radius 3 is 2.48 bits per heavy atom. The highest BCUT2D eigenvalue weighted by atomic mass is 16.4. The largest absolute Gasteiger partial charge is 0.478 e. The zero-order valence-electron chi connectivity index (χ0n) is 11.9. The van der Waals surface area contributed by atoms with Crippen LogP contribution in [0.5, 0.6) is 0 Å². The van der Waals surface area contributed by atoms with Crippen molar-refractivity contribution in [3.63, 3.8) is 0 Å². The van der Waals surface area contributed by atoms with Crippen LogP contribution in [0.3, 0.4) is 0 Å².